The molecule has 0 radical (unpaired) electrons. The van der Waals surface area contributed by atoms with E-state index in [2.05, 4.69) is 40.5 Å². The highest BCUT2D eigenvalue weighted by molar-refractivity contribution is 5.85. The molecule has 25 heavy (non-hydrogen) atoms. The summed E-state index contributed by atoms with van der Waals surface area (Å²) in [5.74, 6) is 0.00433. The molecule has 0 fully saturated rings. The Bertz CT molecular complexity index is 839. The van der Waals surface area contributed by atoms with E-state index in [0.717, 1.165) is 6.42 Å². The molecule has 4 nitrogen and oxygen atoms in total. The third kappa shape index (κ3) is 4.09. The van der Waals surface area contributed by atoms with E-state index in [0.29, 0.717) is 13.0 Å². The summed E-state index contributed by atoms with van der Waals surface area (Å²) in [6, 6.07) is 18.6. The van der Waals surface area contributed by atoms with Crippen LogP contribution in [0.5, 0.6) is 0 Å². The van der Waals surface area contributed by atoms with Crippen LogP contribution in [0.15, 0.2) is 60.8 Å². The quantitative estimate of drug-likeness (QED) is 0.664. The Morgan fingerprint density at radius 3 is 2.60 bits per heavy atom. The number of aryl methyl sites for hydroxylation is 1. The molecule has 3 rings (SSSR count). The number of rotatable bonds is 7. The molecule has 1 aromatic heterocycles. The van der Waals surface area contributed by atoms with Gasteiger partial charge >= 0.3 is 0 Å². The molecular formula is C21H24N2O2. The van der Waals surface area contributed by atoms with E-state index in [1.54, 1.807) is 0 Å². The van der Waals surface area contributed by atoms with E-state index >= 15 is 0 Å². The van der Waals surface area contributed by atoms with Crippen molar-refractivity contribution in [2.45, 2.75) is 25.7 Å². The number of benzene rings is 2. The van der Waals surface area contributed by atoms with Crippen LogP contribution in [0.4, 0.5) is 0 Å². The number of aromatic nitrogens is 1. The topological polar surface area (TPSA) is 43.3 Å². The second kappa shape index (κ2) is 7.99. The number of carbonyl (C=O) groups is 1. The second-order valence-electron chi connectivity index (χ2n) is 6.26. The van der Waals surface area contributed by atoms with Crippen LogP contribution in [-0.2, 0) is 23.1 Å². The number of hydroxylamine groups is 1. The van der Waals surface area contributed by atoms with Crippen molar-refractivity contribution >= 4 is 16.8 Å². The minimum Gasteiger partial charge on any atom is -0.350 e. The predicted octanol–water partition coefficient (Wildman–Crippen LogP) is 3.96. The zero-order valence-corrected chi connectivity index (χ0v) is 14.7. The van der Waals surface area contributed by atoms with Gasteiger partial charge in [0.2, 0.25) is 5.91 Å². The lowest BCUT2D eigenvalue weighted by Gasteiger charge is -2.16. The summed E-state index contributed by atoms with van der Waals surface area (Å²) >= 11 is 0. The molecule has 0 saturated carbocycles. The number of nitrogens with one attached hydrogen (secondary N) is 1. The molecule has 2 aromatic carbocycles. The highest BCUT2D eigenvalue weighted by Crippen LogP contribution is 2.32. The van der Waals surface area contributed by atoms with Gasteiger partial charge in [0.1, 0.15) is 0 Å². The summed E-state index contributed by atoms with van der Waals surface area (Å²) in [7, 11) is 2.05. The Morgan fingerprint density at radius 1 is 1.12 bits per heavy atom. The highest BCUT2D eigenvalue weighted by Gasteiger charge is 2.21. The fourth-order valence-electron chi connectivity index (χ4n) is 3.31. The van der Waals surface area contributed by atoms with Crippen LogP contribution in [-0.4, -0.2) is 17.1 Å². The standard InChI is InChI=1S/C21H24N2O2/c1-3-25-22-21(24)14-17(13-16-9-5-4-6-10-16)19-15-23(2)20-12-8-7-11-18(19)20/h4-12,15,17H,3,13-14H2,1-2H3,(H,22,24). The molecule has 1 heterocycles. The monoisotopic (exact) mass is 336 g/mol. The molecule has 0 aliphatic heterocycles. The predicted molar refractivity (Wildman–Crippen MR) is 100 cm³/mol. The SMILES string of the molecule is CCONC(=O)CC(Cc1ccccc1)c1cn(C)c2ccccc12. The van der Waals surface area contributed by atoms with Gasteiger partial charge in [-0.25, -0.2) is 5.48 Å². The van der Waals surface area contributed by atoms with Gasteiger partial charge < -0.3 is 4.57 Å². The molecule has 1 amide bonds. The Morgan fingerprint density at radius 2 is 1.84 bits per heavy atom. The first-order valence-corrected chi connectivity index (χ1v) is 8.67. The Balaban J connectivity index is 1.93. The van der Waals surface area contributed by atoms with Gasteiger partial charge in [0.15, 0.2) is 0 Å². The first-order valence-electron chi connectivity index (χ1n) is 8.67. The van der Waals surface area contributed by atoms with E-state index in [1.165, 1.54) is 22.0 Å². The number of para-hydroxylation sites is 1. The molecule has 1 N–H and O–H groups in total. The maximum absolute atomic E-state index is 12.3. The molecular weight excluding hydrogens is 312 g/mol. The molecule has 0 aliphatic carbocycles. The van der Waals surface area contributed by atoms with Gasteiger partial charge in [-0.05, 0) is 36.5 Å². The van der Waals surface area contributed by atoms with Gasteiger partial charge in [-0.3, -0.25) is 9.63 Å². The lowest BCUT2D eigenvalue weighted by atomic mass is 9.89. The Labute approximate surface area is 148 Å². The maximum Gasteiger partial charge on any atom is 0.244 e. The van der Waals surface area contributed by atoms with E-state index in [4.69, 9.17) is 4.84 Å². The van der Waals surface area contributed by atoms with Crippen LogP contribution in [0.3, 0.4) is 0 Å². The third-order valence-electron chi connectivity index (χ3n) is 4.45. The van der Waals surface area contributed by atoms with Gasteiger partial charge in [0.05, 0.1) is 6.61 Å². The summed E-state index contributed by atoms with van der Waals surface area (Å²) < 4.78 is 2.13. The van der Waals surface area contributed by atoms with Crippen LogP contribution < -0.4 is 5.48 Å². The van der Waals surface area contributed by atoms with Crippen LogP contribution in [0.2, 0.25) is 0 Å². The van der Waals surface area contributed by atoms with Crippen molar-refractivity contribution in [3.63, 3.8) is 0 Å². The van der Waals surface area contributed by atoms with E-state index in [-0.39, 0.29) is 11.8 Å². The number of fused-ring (bicyclic) bond motifs is 1. The van der Waals surface area contributed by atoms with Crippen molar-refractivity contribution in [2.24, 2.45) is 7.05 Å². The smallest absolute Gasteiger partial charge is 0.244 e. The number of amides is 1. The molecule has 4 heteroatoms. The summed E-state index contributed by atoms with van der Waals surface area (Å²) in [5.41, 5.74) is 6.14. The van der Waals surface area contributed by atoms with Crippen LogP contribution >= 0.6 is 0 Å². The number of hydrogen-bond acceptors (Lipinski definition) is 2. The van der Waals surface area contributed by atoms with Crippen LogP contribution in [0.1, 0.15) is 30.4 Å². The van der Waals surface area contributed by atoms with Crippen LogP contribution in [0.25, 0.3) is 10.9 Å². The molecule has 3 aromatic rings. The molecule has 130 valence electrons. The summed E-state index contributed by atoms with van der Waals surface area (Å²) in [4.78, 5) is 17.3. The maximum atomic E-state index is 12.3. The molecule has 0 aliphatic rings. The second-order valence-corrected chi connectivity index (χ2v) is 6.26. The van der Waals surface area contributed by atoms with Crippen molar-refractivity contribution in [1.29, 1.82) is 0 Å². The number of hydrogen-bond donors (Lipinski definition) is 1. The Hall–Kier alpha value is -2.59. The average molecular weight is 336 g/mol. The molecule has 0 spiro atoms. The summed E-state index contributed by atoms with van der Waals surface area (Å²) in [5, 5.41) is 1.20. The molecule has 1 atom stereocenters. The Kier molecular flexibility index (Phi) is 5.51. The van der Waals surface area contributed by atoms with Crippen LogP contribution in [0, 0.1) is 0 Å². The van der Waals surface area contributed by atoms with Crippen molar-refractivity contribution < 1.29 is 9.63 Å². The van der Waals surface area contributed by atoms with Gasteiger partial charge in [-0.2, -0.15) is 0 Å². The van der Waals surface area contributed by atoms with Crippen molar-refractivity contribution in [3.8, 4) is 0 Å². The zero-order chi connectivity index (χ0) is 17.6. The fourth-order valence-corrected chi connectivity index (χ4v) is 3.31. The van der Waals surface area contributed by atoms with E-state index < -0.39 is 0 Å². The first-order chi connectivity index (χ1) is 12.2. The summed E-state index contributed by atoms with van der Waals surface area (Å²) in [6.45, 7) is 2.32. The minimum atomic E-state index is -0.0873. The molecule has 1 unspecified atom stereocenters. The highest BCUT2D eigenvalue weighted by atomic mass is 16.6. The van der Waals surface area contributed by atoms with E-state index in [1.807, 2.05) is 44.3 Å². The molecule has 0 bridgehead atoms. The normalized spacial score (nSPS) is 12.2. The van der Waals surface area contributed by atoms with E-state index in [9.17, 15) is 4.79 Å². The number of carbonyl (C=O) groups excluding carboxylic acids is 1. The van der Waals surface area contributed by atoms with Crippen molar-refractivity contribution in [1.82, 2.24) is 10.0 Å². The average Bonchev–Trinajstić information content (AvgIpc) is 2.97. The zero-order valence-electron chi connectivity index (χ0n) is 14.7. The summed E-state index contributed by atoms with van der Waals surface area (Å²) in [6.07, 6.45) is 3.35. The minimum absolute atomic E-state index is 0.0873. The molecule has 0 saturated heterocycles. The van der Waals surface area contributed by atoms with Crippen molar-refractivity contribution in [3.05, 3.63) is 71.9 Å². The van der Waals surface area contributed by atoms with Gasteiger partial charge in [-0.15, -0.1) is 0 Å². The van der Waals surface area contributed by atoms with Gasteiger partial charge in [-0.1, -0.05) is 48.5 Å². The lowest BCUT2D eigenvalue weighted by Crippen LogP contribution is -2.25. The fraction of sp³-hybridized carbons (Fsp3) is 0.286. The number of nitrogens with zero attached hydrogens (tertiary/aromatic N) is 1. The largest absolute Gasteiger partial charge is 0.350 e. The third-order valence-corrected chi connectivity index (χ3v) is 4.45. The van der Waals surface area contributed by atoms with Gasteiger partial charge in [0.25, 0.3) is 0 Å². The lowest BCUT2D eigenvalue weighted by molar-refractivity contribution is -0.133. The first kappa shape index (κ1) is 17.2. The van der Waals surface area contributed by atoms with Gasteiger partial charge in [0, 0.05) is 30.6 Å². The van der Waals surface area contributed by atoms with Crippen molar-refractivity contribution in [2.75, 3.05) is 6.61 Å².